The van der Waals surface area contributed by atoms with E-state index in [1.165, 1.54) is 0 Å². The van der Waals surface area contributed by atoms with Crippen LogP contribution in [0.25, 0.3) is 0 Å². The Morgan fingerprint density at radius 1 is 0.909 bits per heavy atom. The van der Waals surface area contributed by atoms with Crippen LogP contribution in [-0.4, -0.2) is 0 Å². The Hall–Kier alpha value is -1.97. The maximum Gasteiger partial charge on any atom is 0.194 e. The molecule has 0 saturated carbocycles. The molecular formula is C18H19F3O. The van der Waals surface area contributed by atoms with Gasteiger partial charge in [0, 0.05) is 12.1 Å². The van der Waals surface area contributed by atoms with Gasteiger partial charge in [0.1, 0.15) is 11.5 Å². The molecule has 0 aliphatic carbocycles. The number of aryl methyl sites for hydroxylation is 1. The molecule has 2 rings (SSSR count). The van der Waals surface area contributed by atoms with Gasteiger partial charge in [0.05, 0.1) is 0 Å². The molecule has 0 bridgehead atoms. The Morgan fingerprint density at radius 2 is 1.50 bits per heavy atom. The van der Waals surface area contributed by atoms with E-state index in [-0.39, 0.29) is 5.75 Å². The second-order valence-corrected chi connectivity index (χ2v) is 5.33. The first-order valence-electron chi connectivity index (χ1n) is 7.39. The molecule has 0 aliphatic rings. The number of rotatable bonds is 5. The minimum Gasteiger partial charge on any atom is -0.457 e. The number of ether oxygens (including phenoxy) is 1. The van der Waals surface area contributed by atoms with Crippen molar-refractivity contribution < 1.29 is 17.9 Å². The Bertz CT molecular complexity index is 640. The monoisotopic (exact) mass is 308 g/mol. The second kappa shape index (κ2) is 6.86. The maximum atomic E-state index is 13.2. The summed E-state index contributed by atoms with van der Waals surface area (Å²) < 4.78 is 44.9. The summed E-state index contributed by atoms with van der Waals surface area (Å²) in [7, 11) is 0. The van der Waals surface area contributed by atoms with Gasteiger partial charge in [-0.2, -0.15) is 0 Å². The molecule has 0 aromatic heterocycles. The lowest BCUT2D eigenvalue weighted by Crippen LogP contribution is -1.99. The average Bonchev–Trinajstić information content (AvgIpc) is 2.49. The minimum absolute atomic E-state index is 0.0595. The number of hydrogen-bond donors (Lipinski definition) is 0. The summed E-state index contributed by atoms with van der Waals surface area (Å²) in [6.07, 6.45) is 2.00. The van der Waals surface area contributed by atoms with Crippen molar-refractivity contribution in [2.75, 3.05) is 0 Å². The highest BCUT2D eigenvalue weighted by atomic mass is 19.2. The van der Waals surface area contributed by atoms with Crippen molar-refractivity contribution in [2.24, 2.45) is 0 Å². The van der Waals surface area contributed by atoms with Gasteiger partial charge in [0.15, 0.2) is 17.5 Å². The SMILES string of the molecule is CCC(CC)c1cc(Oc2cc(F)c(F)c(F)c2)ccc1C. The zero-order chi connectivity index (χ0) is 16.3. The molecule has 22 heavy (non-hydrogen) atoms. The van der Waals surface area contributed by atoms with Gasteiger partial charge < -0.3 is 4.74 Å². The Balaban J connectivity index is 2.32. The van der Waals surface area contributed by atoms with E-state index in [2.05, 4.69) is 13.8 Å². The van der Waals surface area contributed by atoms with Crippen LogP contribution in [0.5, 0.6) is 11.5 Å². The third-order valence-corrected chi connectivity index (χ3v) is 3.87. The highest BCUT2D eigenvalue weighted by Crippen LogP contribution is 2.32. The van der Waals surface area contributed by atoms with Crippen molar-refractivity contribution in [3.8, 4) is 11.5 Å². The van der Waals surface area contributed by atoms with E-state index in [0.29, 0.717) is 11.7 Å². The summed E-state index contributed by atoms with van der Waals surface area (Å²) in [5, 5.41) is 0. The average molecular weight is 308 g/mol. The van der Waals surface area contributed by atoms with Gasteiger partial charge in [-0.25, -0.2) is 13.2 Å². The molecule has 0 saturated heterocycles. The Morgan fingerprint density at radius 3 is 2.05 bits per heavy atom. The molecule has 0 radical (unpaired) electrons. The van der Waals surface area contributed by atoms with Gasteiger partial charge in [-0.05, 0) is 48.9 Å². The summed E-state index contributed by atoms with van der Waals surface area (Å²) in [4.78, 5) is 0. The first-order valence-corrected chi connectivity index (χ1v) is 7.39. The third-order valence-electron chi connectivity index (χ3n) is 3.87. The van der Waals surface area contributed by atoms with Crippen molar-refractivity contribution in [2.45, 2.75) is 39.5 Å². The van der Waals surface area contributed by atoms with Gasteiger partial charge >= 0.3 is 0 Å². The van der Waals surface area contributed by atoms with Gasteiger partial charge in [-0.3, -0.25) is 0 Å². The standard InChI is InChI=1S/C18H19F3O/c1-4-12(5-2)15-8-13(7-6-11(15)3)22-14-9-16(19)18(21)17(20)10-14/h6-10,12H,4-5H2,1-3H3. The lowest BCUT2D eigenvalue weighted by atomic mass is 9.90. The molecule has 0 atom stereocenters. The predicted octanol–water partition coefficient (Wildman–Crippen LogP) is 6.11. The quantitative estimate of drug-likeness (QED) is 0.606. The van der Waals surface area contributed by atoms with Gasteiger partial charge in [-0.1, -0.05) is 19.9 Å². The van der Waals surface area contributed by atoms with Crippen molar-refractivity contribution in [3.05, 3.63) is 58.9 Å². The second-order valence-electron chi connectivity index (χ2n) is 5.33. The van der Waals surface area contributed by atoms with Crippen molar-refractivity contribution >= 4 is 0 Å². The topological polar surface area (TPSA) is 9.23 Å². The summed E-state index contributed by atoms with van der Waals surface area (Å²) in [6, 6.07) is 7.22. The van der Waals surface area contributed by atoms with Crippen LogP contribution < -0.4 is 4.74 Å². The molecule has 0 amide bonds. The molecule has 0 fully saturated rings. The largest absolute Gasteiger partial charge is 0.457 e. The first-order chi connectivity index (χ1) is 10.5. The van der Waals surface area contributed by atoms with Crippen LogP contribution in [0.1, 0.15) is 43.7 Å². The van der Waals surface area contributed by atoms with Gasteiger partial charge in [-0.15, -0.1) is 0 Å². The fraction of sp³-hybridized carbons (Fsp3) is 0.333. The number of hydrogen-bond acceptors (Lipinski definition) is 1. The van der Waals surface area contributed by atoms with E-state index in [1.54, 1.807) is 6.07 Å². The van der Waals surface area contributed by atoms with Gasteiger partial charge in [0.2, 0.25) is 0 Å². The molecule has 0 heterocycles. The molecule has 1 nitrogen and oxygen atoms in total. The lowest BCUT2D eigenvalue weighted by Gasteiger charge is -2.17. The molecule has 4 heteroatoms. The van der Waals surface area contributed by atoms with Crippen LogP contribution in [0.3, 0.4) is 0 Å². The van der Waals surface area contributed by atoms with Crippen LogP contribution in [-0.2, 0) is 0 Å². The number of benzene rings is 2. The van der Waals surface area contributed by atoms with Crippen LogP contribution in [0.2, 0.25) is 0 Å². The minimum atomic E-state index is -1.49. The van der Waals surface area contributed by atoms with E-state index in [1.807, 2.05) is 19.1 Å². The molecule has 2 aromatic carbocycles. The van der Waals surface area contributed by atoms with E-state index in [0.717, 1.165) is 36.1 Å². The Labute approximate surface area is 128 Å². The summed E-state index contributed by atoms with van der Waals surface area (Å²) in [5.74, 6) is -3.18. The molecule has 0 aliphatic heterocycles. The normalized spacial score (nSPS) is 11.0. The highest BCUT2D eigenvalue weighted by molar-refractivity contribution is 5.40. The maximum absolute atomic E-state index is 13.2. The highest BCUT2D eigenvalue weighted by Gasteiger charge is 2.14. The molecule has 0 N–H and O–H groups in total. The summed E-state index contributed by atoms with van der Waals surface area (Å²) in [6.45, 7) is 6.26. The molecular weight excluding hydrogens is 289 g/mol. The third kappa shape index (κ3) is 3.43. The lowest BCUT2D eigenvalue weighted by molar-refractivity contribution is 0.423. The van der Waals surface area contributed by atoms with E-state index in [4.69, 9.17) is 4.74 Å². The van der Waals surface area contributed by atoms with Crippen molar-refractivity contribution in [1.82, 2.24) is 0 Å². The smallest absolute Gasteiger partial charge is 0.194 e. The molecule has 0 unspecified atom stereocenters. The number of halogens is 3. The van der Waals surface area contributed by atoms with Crippen LogP contribution >= 0.6 is 0 Å². The Kier molecular flexibility index (Phi) is 5.11. The molecule has 118 valence electrons. The summed E-state index contributed by atoms with van der Waals surface area (Å²) in [5.41, 5.74) is 2.31. The van der Waals surface area contributed by atoms with Crippen LogP contribution in [0.15, 0.2) is 30.3 Å². The van der Waals surface area contributed by atoms with E-state index in [9.17, 15) is 13.2 Å². The van der Waals surface area contributed by atoms with Gasteiger partial charge in [0.25, 0.3) is 0 Å². The van der Waals surface area contributed by atoms with Crippen LogP contribution in [0.4, 0.5) is 13.2 Å². The summed E-state index contributed by atoms with van der Waals surface area (Å²) >= 11 is 0. The predicted molar refractivity (Wildman–Crippen MR) is 80.9 cm³/mol. The zero-order valence-corrected chi connectivity index (χ0v) is 12.9. The molecule has 2 aromatic rings. The van der Waals surface area contributed by atoms with E-state index >= 15 is 0 Å². The van der Waals surface area contributed by atoms with Crippen molar-refractivity contribution in [1.29, 1.82) is 0 Å². The van der Waals surface area contributed by atoms with E-state index < -0.39 is 17.5 Å². The zero-order valence-electron chi connectivity index (χ0n) is 12.9. The fourth-order valence-corrected chi connectivity index (χ4v) is 2.58. The fourth-order valence-electron chi connectivity index (χ4n) is 2.58. The first kappa shape index (κ1) is 16.4. The van der Waals surface area contributed by atoms with Crippen LogP contribution in [0, 0.1) is 24.4 Å². The molecule has 0 spiro atoms. The van der Waals surface area contributed by atoms with Crippen molar-refractivity contribution in [3.63, 3.8) is 0 Å².